The number of hydrogen-bond donors (Lipinski definition) is 0. The van der Waals surface area contributed by atoms with Crippen LogP contribution < -0.4 is 0 Å². The van der Waals surface area contributed by atoms with Gasteiger partial charge in [0.15, 0.2) is 0 Å². The highest BCUT2D eigenvalue weighted by atomic mass is 15.1. The van der Waals surface area contributed by atoms with Crippen molar-refractivity contribution >= 4 is 54.5 Å². The molecule has 0 N–H and O–H groups in total. The minimum atomic E-state index is 0.890. The Morgan fingerprint density at radius 3 is 1.74 bits per heavy atom. The van der Waals surface area contributed by atoms with E-state index in [1.54, 1.807) is 0 Å². The smallest absolute Gasteiger partial charge is 0.138 e. The monoisotopic (exact) mass is 676 g/mol. The number of rotatable bonds is 5. The van der Waals surface area contributed by atoms with Gasteiger partial charge in [-0.3, -0.25) is 4.57 Å². The molecular weight excluding hydrogens is 645 g/mol. The summed E-state index contributed by atoms with van der Waals surface area (Å²) in [5, 5.41) is 6.03. The van der Waals surface area contributed by atoms with Gasteiger partial charge in [-0.15, -0.1) is 0 Å². The molecule has 248 valence electrons. The van der Waals surface area contributed by atoms with E-state index in [9.17, 15) is 0 Å². The maximum Gasteiger partial charge on any atom is 0.138 e. The topological polar surface area (TPSA) is 27.7 Å². The molecular formula is C49H32N4. The molecule has 4 nitrogen and oxygen atoms in total. The molecule has 0 saturated carbocycles. The number of fused-ring (bicyclic) bond motifs is 9. The molecule has 0 atom stereocenters. The Morgan fingerprint density at radius 2 is 0.981 bits per heavy atom. The van der Waals surface area contributed by atoms with Crippen molar-refractivity contribution in [3.8, 4) is 39.6 Å². The van der Waals surface area contributed by atoms with Gasteiger partial charge >= 0.3 is 0 Å². The third-order valence-electron chi connectivity index (χ3n) is 10.7. The Balaban J connectivity index is 1.30. The summed E-state index contributed by atoms with van der Waals surface area (Å²) in [6.07, 6.45) is 2.20. The molecule has 11 rings (SSSR count). The van der Waals surface area contributed by atoms with E-state index in [4.69, 9.17) is 4.98 Å². The number of benzene rings is 7. The minimum absolute atomic E-state index is 0.890. The molecule has 0 saturated heterocycles. The van der Waals surface area contributed by atoms with E-state index < -0.39 is 0 Å². The van der Waals surface area contributed by atoms with Crippen molar-refractivity contribution in [2.24, 2.45) is 0 Å². The average molecular weight is 677 g/mol. The second-order valence-electron chi connectivity index (χ2n) is 13.6. The highest BCUT2D eigenvalue weighted by molar-refractivity contribution is 6.29. The minimum Gasteiger partial charge on any atom is -0.316 e. The van der Waals surface area contributed by atoms with Gasteiger partial charge in [0.1, 0.15) is 5.82 Å². The van der Waals surface area contributed by atoms with Crippen LogP contribution in [0.1, 0.15) is 0 Å². The predicted octanol–water partition coefficient (Wildman–Crippen LogP) is 12.6. The molecule has 53 heavy (non-hydrogen) atoms. The molecule has 0 spiro atoms. The lowest BCUT2D eigenvalue weighted by Gasteiger charge is -2.13. The Labute approximate surface area is 306 Å². The lowest BCUT2D eigenvalue weighted by atomic mass is 10.0. The van der Waals surface area contributed by atoms with Gasteiger partial charge in [0.05, 0.1) is 33.3 Å². The Kier molecular flexibility index (Phi) is 6.52. The quantitative estimate of drug-likeness (QED) is 0.178. The maximum atomic E-state index is 5.46. The Hall–Kier alpha value is -7.17. The second-order valence-corrected chi connectivity index (χ2v) is 13.6. The zero-order valence-electron chi connectivity index (χ0n) is 28.8. The molecule has 0 amide bonds. The van der Waals surface area contributed by atoms with E-state index in [2.05, 4.69) is 208 Å². The molecule has 4 aromatic heterocycles. The molecule has 0 fully saturated rings. The molecule has 0 aliphatic heterocycles. The van der Waals surface area contributed by atoms with Crippen LogP contribution in [0.3, 0.4) is 0 Å². The van der Waals surface area contributed by atoms with Crippen molar-refractivity contribution in [3.63, 3.8) is 0 Å². The molecule has 4 heterocycles. The third kappa shape index (κ3) is 4.52. The van der Waals surface area contributed by atoms with Gasteiger partial charge in [-0.2, -0.15) is 0 Å². The summed E-state index contributed by atoms with van der Waals surface area (Å²) >= 11 is 0. The van der Waals surface area contributed by atoms with Gasteiger partial charge in [0, 0.05) is 50.1 Å². The lowest BCUT2D eigenvalue weighted by molar-refractivity contribution is 1.09. The SMILES string of the molecule is c1ccc(-c2cc(-c3ccccc3)nc(-n3c4ccccc4c4ccc5c(c6ccc7c(ccn7-c7ccccc7)c6n5-c5ccccc5)c43)c2)cc1. The van der Waals surface area contributed by atoms with E-state index in [-0.39, 0.29) is 0 Å². The van der Waals surface area contributed by atoms with E-state index in [1.807, 2.05) is 0 Å². The Bertz CT molecular complexity index is 3080. The van der Waals surface area contributed by atoms with E-state index in [1.165, 1.54) is 38.0 Å². The summed E-state index contributed by atoms with van der Waals surface area (Å²) < 4.78 is 7.14. The van der Waals surface area contributed by atoms with Crippen molar-refractivity contribution in [2.75, 3.05) is 0 Å². The molecule has 0 aliphatic rings. The van der Waals surface area contributed by atoms with Crippen molar-refractivity contribution in [3.05, 3.63) is 194 Å². The van der Waals surface area contributed by atoms with Crippen molar-refractivity contribution in [1.82, 2.24) is 18.7 Å². The van der Waals surface area contributed by atoms with Crippen LogP contribution >= 0.6 is 0 Å². The summed E-state index contributed by atoms with van der Waals surface area (Å²) in [7, 11) is 0. The molecule has 0 aliphatic carbocycles. The average Bonchev–Trinajstić information content (AvgIpc) is 3.92. The van der Waals surface area contributed by atoms with Crippen LogP contribution in [-0.2, 0) is 0 Å². The van der Waals surface area contributed by atoms with Crippen LogP contribution in [-0.4, -0.2) is 18.7 Å². The van der Waals surface area contributed by atoms with Crippen LogP contribution in [0.25, 0.3) is 94.1 Å². The lowest BCUT2D eigenvalue weighted by Crippen LogP contribution is -2.00. The fourth-order valence-corrected chi connectivity index (χ4v) is 8.34. The first-order valence-electron chi connectivity index (χ1n) is 18.1. The highest BCUT2D eigenvalue weighted by Gasteiger charge is 2.23. The second kappa shape index (κ2) is 11.7. The molecule has 4 heteroatoms. The van der Waals surface area contributed by atoms with Gasteiger partial charge in [-0.25, -0.2) is 4.98 Å². The normalized spacial score (nSPS) is 11.8. The van der Waals surface area contributed by atoms with Crippen LogP contribution in [0.4, 0.5) is 0 Å². The summed E-state index contributed by atoms with van der Waals surface area (Å²) in [5.41, 5.74) is 12.4. The van der Waals surface area contributed by atoms with E-state index in [0.29, 0.717) is 0 Å². The molecule has 11 aromatic rings. The number of aromatic nitrogens is 4. The number of para-hydroxylation sites is 3. The van der Waals surface area contributed by atoms with Crippen LogP contribution in [0.5, 0.6) is 0 Å². The summed E-state index contributed by atoms with van der Waals surface area (Å²) in [4.78, 5) is 5.46. The molecule has 7 aromatic carbocycles. The number of pyridine rings is 1. The summed E-state index contributed by atoms with van der Waals surface area (Å²) in [6, 6.07) is 67.2. The predicted molar refractivity (Wildman–Crippen MR) is 221 cm³/mol. The zero-order valence-corrected chi connectivity index (χ0v) is 28.8. The number of hydrogen-bond acceptors (Lipinski definition) is 1. The van der Waals surface area contributed by atoms with Gasteiger partial charge < -0.3 is 9.13 Å². The Morgan fingerprint density at radius 1 is 0.358 bits per heavy atom. The van der Waals surface area contributed by atoms with Crippen molar-refractivity contribution in [2.45, 2.75) is 0 Å². The molecule has 0 bridgehead atoms. The highest BCUT2D eigenvalue weighted by Crippen LogP contribution is 2.44. The molecule has 0 radical (unpaired) electrons. The van der Waals surface area contributed by atoms with E-state index in [0.717, 1.165) is 56.1 Å². The number of nitrogens with zero attached hydrogens (tertiary/aromatic N) is 4. The molecule has 0 unspecified atom stereocenters. The summed E-state index contributed by atoms with van der Waals surface area (Å²) in [5.74, 6) is 0.890. The van der Waals surface area contributed by atoms with Gasteiger partial charge in [0.25, 0.3) is 0 Å². The fourth-order valence-electron chi connectivity index (χ4n) is 8.34. The first-order chi connectivity index (χ1) is 26.3. The maximum absolute atomic E-state index is 5.46. The van der Waals surface area contributed by atoms with Crippen molar-refractivity contribution in [1.29, 1.82) is 0 Å². The van der Waals surface area contributed by atoms with Crippen LogP contribution in [0.2, 0.25) is 0 Å². The van der Waals surface area contributed by atoms with Gasteiger partial charge in [0.2, 0.25) is 0 Å². The summed E-state index contributed by atoms with van der Waals surface area (Å²) in [6.45, 7) is 0. The van der Waals surface area contributed by atoms with Crippen LogP contribution in [0, 0.1) is 0 Å². The van der Waals surface area contributed by atoms with E-state index >= 15 is 0 Å². The first-order valence-corrected chi connectivity index (χ1v) is 18.1. The zero-order chi connectivity index (χ0) is 34.9. The standard InChI is InChI=1S/C49H32N4/c1-5-15-33(16-6-1)35-31-42(34-17-7-2-8-18-34)50-46(32-35)53-44-24-14-13-23-38(44)39-25-28-45-47(49(39)53)41-26-27-43-40(29-30-51(43)36-19-9-3-10-20-36)48(41)52(45)37-21-11-4-12-22-37/h1-32H. The fraction of sp³-hybridized carbons (Fsp3) is 0. The third-order valence-corrected chi connectivity index (χ3v) is 10.7. The first kappa shape index (κ1) is 29.5. The van der Waals surface area contributed by atoms with Crippen LogP contribution in [0.15, 0.2) is 194 Å². The van der Waals surface area contributed by atoms with Gasteiger partial charge in [-0.1, -0.05) is 121 Å². The van der Waals surface area contributed by atoms with Crippen molar-refractivity contribution < 1.29 is 0 Å². The largest absolute Gasteiger partial charge is 0.316 e. The van der Waals surface area contributed by atoms with Gasteiger partial charge in [-0.05, 0) is 77.9 Å².